The number of carbonyl (C=O) groups excluding carboxylic acids is 2. The van der Waals surface area contributed by atoms with Crippen molar-refractivity contribution in [2.24, 2.45) is 0 Å². The molecule has 4 rings (SSSR count). The molecule has 164 valence electrons. The van der Waals surface area contributed by atoms with Crippen molar-refractivity contribution in [2.45, 2.75) is 38.5 Å². The van der Waals surface area contributed by atoms with E-state index in [9.17, 15) is 9.59 Å². The van der Waals surface area contributed by atoms with Crippen LogP contribution in [0.5, 0.6) is 0 Å². The Morgan fingerprint density at radius 2 is 1.69 bits per heavy atom. The highest BCUT2D eigenvalue weighted by atomic mass is 32.2. The predicted octanol–water partition coefficient (Wildman–Crippen LogP) is 6.32. The molecule has 0 spiro atoms. The van der Waals surface area contributed by atoms with Crippen molar-refractivity contribution in [1.82, 2.24) is 0 Å². The molecule has 4 nitrogen and oxygen atoms in total. The molecular weight excluding hydrogens is 416 g/mol. The zero-order valence-corrected chi connectivity index (χ0v) is 19.7. The number of anilines is 2. The lowest BCUT2D eigenvalue weighted by atomic mass is 9.87. The lowest BCUT2D eigenvalue weighted by Gasteiger charge is -2.26. The number of aryl methyl sites for hydroxylation is 1. The van der Waals surface area contributed by atoms with Gasteiger partial charge in [0.25, 0.3) is 5.91 Å². The van der Waals surface area contributed by atoms with Crippen LogP contribution in [-0.4, -0.2) is 17.6 Å². The SMILES string of the molecule is Cc1ccc(C(=O)Nc2cccc([C@@H]3SCC(=O)N3c3ccc(C(C)(C)C)cc3)c2)cc1. The summed E-state index contributed by atoms with van der Waals surface area (Å²) in [6.45, 7) is 8.53. The Labute approximate surface area is 194 Å². The van der Waals surface area contributed by atoms with E-state index < -0.39 is 0 Å². The second-order valence-corrected chi connectivity index (χ2v) is 10.2. The van der Waals surface area contributed by atoms with Gasteiger partial charge in [-0.1, -0.05) is 62.7 Å². The van der Waals surface area contributed by atoms with Gasteiger partial charge in [0.05, 0.1) is 5.75 Å². The number of amides is 2. The average Bonchev–Trinajstić information content (AvgIpc) is 3.15. The minimum Gasteiger partial charge on any atom is -0.322 e. The molecule has 0 saturated carbocycles. The molecule has 3 aromatic carbocycles. The quantitative estimate of drug-likeness (QED) is 0.512. The molecule has 2 amide bonds. The molecule has 1 heterocycles. The van der Waals surface area contributed by atoms with Gasteiger partial charge < -0.3 is 5.32 Å². The number of benzene rings is 3. The van der Waals surface area contributed by atoms with Gasteiger partial charge in [0.1, 0.15) is 5.37 Å². The van der Waals surface area contributed by atoms with Crippen LogP contribution in [0, 0.1) is 6.92 Å². The van der Waals surface area contributed by atoms with E-state index in [1.807, 2.05) is 72.5 Å². The van der Waals surface area contributed by atoms with Gasteiger partial charge in [-0.2, -0.15) is 0 Å². The number of hydrogen-bond donors (Lipinski definition) is 1. The summed E-state index contributed by atoms with van der Waals surface area (Å²) in [5.41, 5.74) is 5.63. The highest BCUT2D eigenvalue weighted by Gasteiger charge is 2.34. The maximum Gasteiger partial charge on any atom is 0.255 e. The van der Waals surface area contributed by atoms with Crippen molar-refractivity contribution in [2.75, 3.05) is 16.0 Å². The third-order valence-electron chi connectivity index (χ3n) is 5.62. The van der Waals surface area contributed by atoms with E-state index in [1.54, 1.807) is 11.8 Å². The smallest absolute Gasteiger partial charge is 0.255 e. The van der Waals surface area contributed by atoms with Gasteiger partial charge in [-0.05, 0) is 59.9 Å². The lowest BCUT2D eigenvalue weighted by Crippen LogP contribution is -2.28. The molecule has 1 saturated heterocycles. The Hall–Kier alpha value is -3.05. The largest absolute Gasteiger partial charge is 0.322 e. The number of hydrogen-bond acceptors (Lipinski definition) is 3. The summed E-state index contributed by atoms with van der Waals surface area (Å²) < 4.78 is 0. The minimum absolute atomic E-state index is 0.0612. The summed E-state index contributed by atoms with van der Waals surface area (Å²) in [6, 6.07) is 23.5. The molecule has 0 aliphatic carbocycles. The third-order valence-corrected chi connectivity index (χ3v) is 6.84. The fourth-order valence-corrected chi connectivity index (χ4v) is 4.92. The van der Waals surface area contributed by atoms with Crippen LogP contribution in [0.4, 0.5) is 11.4 Å². The van der Waals surface area contributed by atoms with E-state index in [0.717, 1.165) is 22.5 Å². The van der Waals surface area contributed by atoms with Crippen molar-refractivity contribution in [3.8, 4) is 0 Å². The molecule has 0 bridgehead atoms. The Morgan fingerprint density at radius 1 is 1.00 bits per heavy atom. The van der Waals surface area contributed by atoms with Crippen LogP contribution in [0.25, 0.3) is 0 Å². The zero-order valence-electron chi connectivity index (χ0n) is 18.9. The fraction of sp³-hybridized carbons (Fsp3) is 0.259. The molecular formula is C27H28N2O2S. The highest BCUT2D eigenvalue weighted by Crippen LogP contribution is 2.42. The highest BCUT2D eigenvalue weighted by molar-refractivity contribution is 8.00. The van der Waals surface area contributed by atoms with Gasteiger partial charge in [0.2, 0.25) is 5.91 Å². The summed E-state index contributed by atoms with van der Waals surface area (Å²) in [7, 11) is 0. The van der Waals surface area contributed by atoms with E-state index in [0.29, 0.717) is 11.3 Å². The molecule has 1 aliphatic rings. The van der Waals surface area contributed by atoms with Crippen LogP contribution in [0.1, 0.15) is 53.2 Å². The maximum absolute atomic E-state index is 12.8. The standard InChI is InChI=1S/C27H28N2O2S/c1-18-8-10-19(11-9-18)25(31)28-22-7-5-6-20(16-22)26-29(24(30)17-32-26)23-14-12-21(13-15-23)27(2,3)4/h5-16,26H,17H2,1-4H3,(H,28,31)/t26-/m0/s1. The van der Waals surface area contributed by atoms with Gasteiger partial charge in [0.15, 0.2) is 0 Å². The fourth-order valence-electron chi connectivity index (χ4n) is 3.75. The van der Waals surface area contributed by atoms with Crippen LogP contribution in [-0.2, 0) is 10.2 Å². The molecule has 1 N–H and O–H groups in total. The second-order valence-electron chi connectivity index (χ2n) is 9.17. The van der Waals surface area contributed by atoms with Crippen LogP contribution in [0.2, 0.25) is 0 Å². The van der Waals surface area contributed by atoms with Crippen molar-refractivity contribution in [3.05, 3.63) is 95.1 Å². The average molecular weight is 445 g/mol. The number of carbonyl (C=O) groups is 2. The van der Waals surface area contributed by atoms with E-state index in [2.05, 4.69) is 38.2 Å². The molecule has 1 atom stereocenters. The molecule has 3 aromatic rings. The van der Waals surface area contributed by atoms with Crippen LogP contribution >= 0.6 is 11.8 Å². The molecule has 1 fully saturated rings. The van der Waals surface area contributed by atoms with Gasteiger partial charge >= 0.3 is 0 Å². The van der Waals surface area contributed by atoms with Gasteiger partial charge in [-0.25, -0.2) is 0 Å². The summed E-state index contributed by atoms with van der Waals surface area (Å²) in [5, 5.41) is 2.85. The Kier molecular flexibility index (Phi) is 6.11. The Morgan fingerprint density at radius 3 is 2.34 bits per heavy atom. The van der Waals surface area contributed by atoms with Crippen LogP contribution in [0.15, 0.2) is 72.8 Å². The third kappa shape index (κ3) is 4.73. The molecule has 1 aliphatic heterocycles. The molecule has 5 heteroatoms. The topological polar surface area (TPSA) is 49.4 Å². The molecule has 0 unspecified atom stereocenters. The molecule has 32 heavy (non-hydrogen) atoms. The van der Waals surface area contributed by atoms with Crippen molar-refractivity contribution in [3.63, 3.8) is 0 Å². The van der Waals surface area contributed by atoms with Gasteiger partial charge in [-0.15, -0.1) is 11.8 Å². The first kappa shape index (κ1) is 22.2. The Bertz CT molecular complexity index is 1130. The predicted molar refractivity (Wildman–Crippen MR) is 133 cm³/mol. The first-order valence-corrected chi connectivity index (χ1v) is 11.8. The number of thioether (sulfide) groups is 1. The first-order chi connectivity index (χ1) is 15.2. The molecule has 0 aromatic heterocycles. The van der Waals surface area contributed by atoms with E-state index in [-0.39, 0.29) is 22.6 Å². The number of nitrogens with zero attached hydrogens (tertiary/aromatic N) is 1. The monoisotopic (exact) mass is 444 g/mol. The van der Waals surface area contributed by atoms with Crippen molar-refractivity contribution < 1.29 is 9.59 Å². The van der Waals surface area contributed by atoms with E-state index in [1.165, 1.54) is 5.56 Å². The van der Waals surface area contributed by atoms with E-state index in [4.69, 9.17) is 0 Å². The Balaban J connectivity index is 1.56. The van der Waals surface area contributed by atoms with Crippen LogP contribution in [0.3, 0.4) is 0 Å². The number of nitrogens with one attached hydrogen (secondary N) is 1. The second kappa shape index (κ2) is 8.83. The van der Waals surface area contributed by atoms with Gasteiger partial charge in [-0.3, -0.25) is 14.5 Å². The summed E-state index contributed by atoms with van der Waals surface area (Å²) >= 11 is 1.61. The summed E-state index contributed by atoms with van der Waals surface area (Å²) in [6.07, 6.45) is 0. The van der Waals surface area contributed by atoms with Crippen LogP contribution < -0.4 is 10.2 Å². The van der Waals surface area contributed by atoms with Gasteiger partial charge in [0, 0.05) is 16.9 Å². The normalized spacial score (nSPS) is 16.3. The summed E-state index contributed by atoms with van der Waals surface area (Å²) in [4.78, 5) is 27.2. The first-order valence-electron chi connectivity index (χ1n) is 10.7. The maximum atomic E-state index is 12.8. The van der Waals surface area contributed by atoms with Crippen molar-refractivity contribution >= 4 is 35.0 Å². The number of rotatable bonds is 4. The lowest BCUT2D eigenvalue weighted by molar-refractivity contribution is -0.115. The molecule has 0 radical (unpaired) electrons. The summed E-state index contributed by atoms with van der Waals surface area (Å²) in [5.74, 6) is 0.385. The van der Waals surface area contributed by atoms with Crippen molar-refractivity contribution in [1.29, 1.82) is 0 Å². The van der Waals surface area contributed by atoms with E-state index >= 15 is 0 Å². The minimum atomic E-state index is -0.146. The zero-order chi connectivity index (χ0) is 22.9.